The van der Waals surface area contributed by atoms with Gasteiger partial charge in [0.15, 0.2) is 0 Å². The fourth-order valence-corrected chi connectivity index (χ4v) is 5.94. The number of fused-ring (bicyclic) bond motifs is 5. The van der Waals surface area contributed by atoms with Crippen molar-refractivity contribution in [3.63, 3.8) is 0 Å². The van der Waals surface area contributed by atoms with E-state index in [2.05, 4.69) is 92.7 Å². The Hall–Kier alpha value is -4.12. The van der Waals surface area contributed by atoms with Gasteiger partial charge in [0, 0.05) is 34.0 Å². The van der Waals surface area contributed by atoms with E-state index < -0.39 is 0 Å². The maximum atomic E-state index is 6.58. The topological polar surface area (TPSA) is 48.6 Å². The minimum atomic E-state index is -0.159. The lowest BCUT2D eigenvalue weighted by molar-refractivity contribution is 0.324. The largest absolute Gasteiger partial charge is 0.475 e. The van der Waals surface area contributed by atoms with E-state index in [0.717, 1.165) is 39.5 Å². The van der Waals surface area contributed by atoms with Crippen LogP contribution in [0.4, 0.5) is 0 Å². The lowest BCUT2D eigenvalue weighted by Gasteiger charge is -2.35. The van der Waals surface area contributed by atoms with Crippen LogP contribution in [0.15, 0.2) is 71.9 Å². The zero-order valence-electron chi connectivity index (χ0n) is 21.8. The second-order valence-electron chi connectivity index (χ2n) is 10.9. The molecule has 7 rings (SSSR count). The van der Waals surface area contributed by atoms with Gasteiger partial charge in [-0.2, -0.15) is 0 Å². The maximum Gasteiger partial charge on any atom is 0.216 e. The van der Waals surface area contributed by atoms with E-state index in [1.807, 2.05) is 18.3 Å². The van der Waals surface area contributed by atoms with Crippen LogP contribution in [0.5, 0.6) is 11.5 Å². The summed E-state index contributed by atoms with van der Waals surface area (Å²) in [4.78, 5) is 9.45. The van der Waals surface area contributed by atoms with Crippen molar-refractivity contribution in [3.05, 3.63) is 94.7 Å². The molecule has 0 N–H and O–H groups in total. The number of para-hydroxylation sites is 1. The Morgan fingerprint density at radius 2 is 1.81 bits per heavy atom. The van der Waals surface area contributed by atoms with Gasteiger partial charge in [-0.15, -0.1) is 0 Å². The Bertz CT molecular complexity index is 1780. The summed E-state index contributed by atoms with van der Waals surface area (Å²) in [5.41, 5.74) is 8.90. The van der Waals surface area contributed by atoms with Crippen molar-refractivity contribution < 1.29 is 9.47 Å². The van der Waals surface area contributed by atoms with Crippen molar-refractivity contribution in [1.29, 1.82) is 0 Å². The molecule has 5 nitrogen and oxygen atoms in total. The second-order valence-corrected chi connectivity index (χ2v) is 10.9. The molecule has 0 saturated carbocycles. The van der Waals surface area contributed by atoms with Crippen molar-refractivity contribution in [3.8, 4) is 17.2 Å². The van der Waals surface area contributed by atoms with Crippen molar-refractivity contribution in [2.24, 2.45) is 4.99 Å². The van der Waals surface area contributed by atoms with Gasteiger partial charge >= 0.3 is 0 Å². The molecule has 3 aromatic carbocycles. The predicted octanol–water partition coefficient (Wildman–Crippen LogP) is 7.39. The Kier molecular flexibility index (Phi) is 4.59. The number of pyridine rings is 1. The van der Waals surface area contributed by atoms with E-state index in [-0.39, 0.29) is 11.5 Å². The Balaban J connectivity index is 1.42. The van der Waals surface area contributed by atoms with Crippen LogP contribution >= 0.6 is 0 Å². The molecule has 0 fully saturated rings. The van der Waals surface area contributed by atoms with Crippen LogP contribution in [0.25, 0.3) is 27.6 Å². The molecule has 0 spiro atoms. The van der Waals surface area contributed by atoms with Crippen molar-refractivity contribution in [2.45, 2.75) is 46.1 Å². The highest BCUT2D eigenvalue weighted by molar-refractivity contribution is 6.10. The highest BCUT2D eigenvalue weighted by Crippen LogP contribution is 2.48. The number of aliphatic imine (C=N–C) groups is 1. The summed E-state index contributed by atoms with van der Waals surface area (Å²) in [5.74, 6) is 2.30. The molecule has 2 aliphatic rings. The van der Waals surface area contributed by atoms with Crippen LogP contribution in [-0.4, -0.2) is 28.1 Å². The number of benzene rings is 3. The molecule has 0 radical (unpaired) electrons. The van der Waals surface area contributed by atoms with Crippen molar-refractivity contribution in [1.82, 2.24) is 9.55 Å². The van der Waals surface area contributed by atoms with Crippen LogP contribution in [-0.2, 0) is 10.2 Å². The molecule has 4 heterocycles. The minimum Gasteiger partial charge on any atom is -0.475 e. The summed E-state index contributed by atoms with van der Waals surface area (Å²) < 4.78 is 14.7. The zero-order chi connectivity index (χ0) is 25.5. The standard InChI is InChI=1S/C32H29N3O2/c1-18-12-21(31-34-20(3)17-36-31)15-22(13-18)37-28-16-27-26(14-19(28)2)32(4,5)25-10-6-8-23-24-9-7-11-33-30(24)35(27)29(23)25/h6-16,20H,17H2,1-5H3/t20-/m1/s1. The van der Waals surface area contributed by atoms with Gasteiger partial charge in [0.2, 0.25) is 5.90 Å². The van der Waals surface area contributed by atoms with Gasteiger partial charge in [0.05, 0.1) is 17.2 Å². The third-order valence-electron chi connectivity index (χ3n) is 7.75. The fourth-order valence-electron chi connectivity index (χ4n) is 5.94. The summed E-state index contributed by atoms with van der Waals surface area (Å²) in [6.07, 6.45) is 1.87. The van der Waals surface area contributed by atoms with Crippen LogP contribution in [0.3, 0.4) is 0 Å². The first-order valence-corrected chi connectivity index (χ1v) is 12.9. The normalized spacial score (nSPS) is 17.5. The summed E-state index contributed by atoms with van der Waals surface area (Å²) in [6.45, 7) is 11.5. The van der Waals surface area contributed by atoms with Crippen LogP contribution in [0, 0.1) is 13.8 Å². The van der Waals surface area contributed by atoms with Crippen LogP contribution in [0.2, 0.25) is 0 Å². The third kappa shape index (κ3) is 3.23. The Morgan fingerprint density at radius 1 is 0.973 bits per heavy atom. The molecular weight excluding hydrogens is 458 g/mol. The smallest absolute Gasteiger partial charge is 0.216 e. The Labute approximate surface area is 216 Å². The molecule has 0 bridgehead atoms. The molecule has 0 amide bonds. The molecule has 5 heteroatoms. The number of hydrogen-bond donors (Lipinski definition) is 0. The molecule has 184 valence electrons. The molecule has 1 atom stereocenters. The molecule has 5 aromatic rings. The number of hydrogen-bond acceptors (Lipinski definition) is 4. The first kappa shape index (κ1) is 22.1. The van der Waals surface area contributed by atoms with E-state index in [1.54, 1.807) is 0 Å². The van der Waals surface area contributed by atoms with Gasteiger partial charge in [-0.1, -0.05) is 32.0 Å². The van der Waals surface area contributed by atoms with Gasteiger partial charge in [0.25, 0.3) is 0 Å². The molecule has 0 aliphatic carbocycles. The molecule has 37 heavy (non-hydrogen) atoms. The van der Waals surface area contributed by atoms with E-state index in [0.29, 0.717) is 12.5 Å². The lowest BCUT2D eigenvalue weighted by Crippen LogP contribution is -2.26. The summed E-state index contributed by atoms with van der Waals surface area (Å²) in [7, 11) is 0. The molecule has 0 saturated heterocycles. The fraction of sp³-hybridized carbons (Fsp3) is 0.250. The Morgan fingerprint density at radius 3 is 2.62 bits per heavy atom. The monoisotopic (exact) mass is 487 g/mol. The highest BCUT2D eigenvalue weighted by Gasteiger charge is 2.36. The van der Waals surface area contributed by atoms with E-state index in [9.17, 15) is 0 Å². The van der Waals surface area contributed by atoms with E-state index in [4.69, 9.17) is 14.5 Å². The summed E-state index contributed by atoms with van der Waals surface area (Å²) in [6, 6.07) is 21.6. The van der Waals surface area contributed by atoms with Gasteiger partial charge in [-0.25, -0.2) is 9.98 Å². The van der Waals surface area contributed by atoms with Gasteiger partial charge in [-0.05, 0) is 79.4 Å². The lowest BCUT2D eigenvalue weighted by atomic mass is 9.74. The number of nitrogens with zero attached hydrogens (tertiary/aromatic N) is 3. The molecule has 0 unspecified atom stereocenters. The van der Waals surface area contributed by atoms with E-state index in [1.165, 1.54) is 27.4 Å². The third-order valence-corrected chi connectivity index (χ3v) is 7.75. The van der Waals surface area contributed by atoms with Crippen LogP contribution in [0.1, 0.15) is 48.6 Å². The zero-order valence-corrected chi connectivity index (χ0v) is 21.8. The number of rotatable bonds is 3. The molecule has 2 aliphatic heterocycles. The number of aromatic nitrogens is 2. The quantitative estimate of drug-likeness (QED) is 0.267. The van der Waals surface area contributed by atoms with Gasteiger partial charge < -0.3 is 9.47 Å². The second kappa shape index (κ2) is 7.69. The predicted molar refractivity (Wildman–Crippen MR) is 149 cm³/mol. The first-order chi connectivity index (χ1) is 17.8. The number of ether oxygens (including phenoxy) is 2. The molecule has 2 aromatic heterocycles. The summed E-state index contributed by atoms with van der Waals surface area (Å²) in [5, 5.41) is 2.40. The average Bonchev–Trinajstić information content (AvgIpc) is 3.45. The van der Waals surface area contributed by atoms with Gasteiger partial charge in [0.1, 0.15) is 23.8 Å². The van der Waals surface area contributed by atoms with Crippen molar-refractivity contribution >= 4 is 27.8 Å². The summed E-state index contributed by atoms with van der Waals surface area (Å²) >= 11 is 0. The minimum absolute atomic E-state index is 0.159. The SMILES string of the molecule is Cc1cc(Oc2cc3c(cc2C)C(C)(C)c2cccc4c5cccnc5n-3c24)cc(C2=N[C@H](C)CO2)c1. The number of aryl methyl sites for hydroxylation is 2. The average molecular weight is 488 g/mol. The van der Waals surface area contributed by atoms with Crippen LogP contribution < -0.4 is 4.74 Å². The van der Waals surface area contributed by atoms with Gasteiger partial charge in [-0.3, -0.25) is 4.57 Å². The van der Waals surface area contributed by atoms with Crippen molar-refractivity contribution in [2.75, 3.05) is 6.61 Å². The first-order valence-electron chi connectivity index (χ1n) is 12.9. The van der Waals surface area contributed by atoms with E-state index >= 15 is 0 Å². The maximum absolute atomic E-state index is 6.58. The highest BCUT2D eigenvalue weighted by atomic mass is 16.5. The molecular formula is C32H29N3O2.